The molecule has 0 radical (unpaired) electrons. The van der Waals surface area contributed by atoms with E-state index in [1.165, 1.54) is 25.9 Å². The minimum atomic E-state index is 0.835. The summed E-state index contributed by atoms with van der Waals surface area (Å²) < 4.78 is 0. The first-order valence-electron chi connectivity index (χ1n) is 6.45. The second kappa shape index (κ2) is 2.98. The summed E-state index contributed by atoms with van der Waals surface area (Å²) in [4.78, 5) is 2.80. The highest BCUT2D eigenvalue weighted by atomic mass is 15.2. The van der Waals surface area contributed by atoms with Crippen molar-refractivity contribution in [3.05, 3.63) is 0 Å². The van der Waals surface area contributed by atoms with E-state index in [-0.39, 0.29) is 0 Å². The van der Waals surface area contributed by atoms with Gasteiger partial charge < -0.3 is 0 Å². The van der Waals surface area contributed by atoms with Crippen LogP contribution in [0, 0.1) is 17.3 Å². The fourth-order valence-electron chi connectivity index (χ4n) is 3.66. The molecule has 0 amide bonds. The summed E-state index contributed by atoms with van der Waals surface area (Å²) >= 11 is 0. The largest absolute Gasteiger partial charge is 0.299 e. The molecule has 2 saturated carbocycles. The van der Waals surface area contributed by atoms with Crippen molar-refractivity contribution in [3.63, 3.8) is 0 Å². The first-order valence-corrected chi connectivity index (χ1v) is 6.45. The summed E-state index contributed by atoms with van der Waals surface area (Å²) in [7, 11) is 0. The Balaban J connectivity index is 1.58. The first kappa shape index (κ1) is 9.21. The van der Waals surface area contributed by atoms with E-state index < -0.39 is 0 Å². The van der Waals surface area contributed by atoms with Crippen LogP contribution in [0.15, 0.2) is 0 Å². The Hall–Kier alpha value is -0.0400. The van der Waals surface area contributed by atoms with Crippen molar-refractivity contribution in [1.29, 1.82) is 0 Å². The van der Waals surface area contributed by atoms with Gasteiger partial charge in [0.25, 0.3) is 0 Å². The van der Waals surface area contributed by atoms with Gasteiger partial charge in [-0.15, -0.1) is 0 Å². The molecule has 14 heavy (non-hydrogen) atoms. The molecule has 0 bridgehead atoms. The van der Waals surface area contributed by atoms with Crippen molar-refractivity contribution >= 4 is 0 Å². The number of nitrogens with zero attached hydrogens (tertiary/aromatic N) is 1. The van der Waals surface area contributed by atoms with Gasteiger partial charge >= 0.3 is 0 Å². The second-order valence-corrected chi connectivity index (χ2v) is 6.23. The zero-order chi connectivity index (χ0) is 9.76. The highest BCUT2D eigenvalue weighted by Crippen LogP contribution is 2.60. The lowest BCUT2D eigenvalue weighted by Crippen LogP contribution is -2.55. The van der Waals surface area contributed by atoms with Crippen molar-refractivity contribution < 1.29 is 0 Å². The van der Waals surface area contributed by atoms with Crippen LogP contribution < -0.4 is 0 Å². The van der Waals surface area contributed by atoms with Gasteiger partial charge in [0, 0.05) is 19.1 Å². The molecule has 0 N–H and O–H groups in total. The lowest BCUT2D eigenvalue weighted by molar-refractivity contribution is 0.00778. The van der Waals surface area contributed by atoms with Gasteiger partial charge in [0.15, 0.2) is 0 Å². The van der Waals surface area contributed by atoms with Crippen LogP contribution in [-0.4, -0.2) is 24.0 Å². The predicted molar refractivity (Wildman–Crippen MR) is 59.2 cm³/mol. The van der Waals surface area contributed by atoms with Crippen LogP contribution in [0.4, 0.5) is 0 Å². The monoisotopic (exact) mass is 193 g/mol. The summed E-state index contributed by atoms with van der Waals surface area (Å²) in [5.74, 6) is 1.91. The smallest absolute Gasteiger partial charge is 0.0152 e. The Morgan fingerprint density at radius 2 is 1.86 bits per heavy atom. The van der Waals surface area contributed by atoms with Gasteiger partial charge in [-0.25, -0.2) is 0 Å². The highest BCUT2D eigenvalue weighted by molar-refractivity contribution is 5.08. The summed E-state index contributed by atoms with van der Waals surface area (Å²) in [5.41, 5.74) is 0.835. The molecule has 1 aliphatic heterocycles. The van der Waals surface area contributed by atoms with Gasteiger partial charge in [-0.2, -0.15) is 0 Å². The molecule has 1 saturated heterocycles. The maximum absolute atomic E-state index is 2.80. The molecule has 1 heteroatoms. The molecule has 0 aromatic carbocycles. The van der Waals surface area contributed by atoms with Crippen LogP contribution in [0.25, 0.3) is 0 Å². The Kier molecular flexibility index (Phi) is 1.96. The standard InChI is InChI=1S/C13H23N/c1-10(2)11-8-14(9-11)12-4-3-5-13(12)6-7-13/h10-12H,3-9H2,1-2H3. The Bertz CT molecular complexity index is 223. The van der Waals surface area contributed by atoms with Gasteiger partial charge in [-0.05, 0) is 42.9 Å². The van der Waals surface area contributed by atoms with E-state index in [4.69, 9.17) is 0 Å². The minimum Gasteiger partial charge on any atom is -0.299 e. The van der Waals surface area contributed by atoms with Crippen LogP contribution in [0.5, 0.6) is 0 Å². The third kappa shape index (κ3) is 1.25. The molecule has 80 valence electrons. The van der Waals surface area contributed by atoms with Crippen LogP contribution in [-0.2, 0) is 0 Å². The van der Waals surface area contributed by atoms with Gasteiger partial charge in [0.2, 0.25) is 0 Å². The van der Waals surface area contributed by atoms with Gasteiger partial charge in [-0.1, -0.05) is 20.3 Å². The molecule has 1 atom stereocenters. The van der Waals surface area contributed by atoms with Crippen LogP contribution in [0.3, 0.4) is 0 Å². The zero-order valence-electron chi connectivity index (χ0n) is 9.63. The molecule has 1 nitrogen and oxygen atoms in total. The highest BCUT2D eigenvalue weighted by Gasteiger charge is 2.55. The van der Waals surface area contributed by atoms with Gasteiger partial charge in [0.05, 0.1) is 0 Å². The molecule has 1 unspecified atom stereocenters. The van der Waals surface area contributed by atoms with E-state index in [9.17, 15) is 0 Å². The average molecular weight is 193 g/mol. The molecule has 1 heterocycles. The van der Waals surface area contributed by atoms with Crippen LogP contribution in [0.2, 0.25) is 0 Å². The SMILES string of the molecule is CC(C)C1CN(C2CCCC23CC3)C1. The summed E-state index contributed by atoms with van der Waals surface area (Å²) in [6.07, 6.45) is 7.64. The van der Waals surface area contributed by atoms with Crippen molar-refractivity contribution in [1.82, 2.24) is 4.90 Å². The van der Waals surface area contributed by atoms with E-state index >= 15 is 0 Å². The number of rotatable bonds is 2. The minimum absolute atomic E-state index is 0.835. The second-order valence-electron chi connectivity index (χ2n) is 6.23. The van der Waals surface area contributed by atoms with Gasteiger partial charge in [0.1, 0.15) is 0 Å². The van der Waals surface area contributed by atoms with Crippen molar-refractivity contribution in [2.45, 2.75) is 52.0 Å². The normalized spacial score (nSPS) is 36.6. The number of hydrogen-bond acceptors (Lipinski definition) is 1. The Labute approximate surface area is 87.9 Å². The zero-order valence-corrected chi connectivity index (χ0v) is 9.63. The maximum Gasteiger partial charge on any atom is 0.0152 e. The lowest BCUT2D eigenvalue weighted by atomic mass is 9.85. The summed E-state index contributed by atoms with van der Waals surface area (Å²) in [6.45, 7) is 7.57. The Morgan fingerprint density at radius 1 is 1.14 bits per heavy atom. The van der Waals surface area contributed by atoms with E-state index in [0.29, 0.717) is 0 Å². The van der Waals surface area contributed by atoms with E-state index in [2.05, 4.69) is 18.7 Å². The van der Waals surface area contributed by atoms with E-state index in [0.717, 1.165) is 23.3 Å². The van der Waals surface area contributed by atoms with Crippen LogP contribution >= 0.6 is 0 Å². The predicted octanol–water partition coefficient (Wildman–Crippen LogP) is 2.91. The van der Waals surface area contributed by atoms with E-state index in [1.54, 1.807) is 19.3 Å². The number of hydrogen-bond donors (Lipinski definition) is 0. The average Bonchev–Trinajstić information content (AvgIpc) is 2.67. The topological polar surface area (TPSA) is 3.24 Å². The molecular weight excluding hydrogens is 170 g/mol. The fourth-order valence-corrected chi connectivity index (χ4v) is 3.66. The molecule has 3 rings (SSSR count). The quantitative estimate of drug-likeness (QED) is 0.652. The molecule has 3 aliphatic rings. The Morgan fingerprint density at radius 3 is 2.43 bits per heavy atom. The molecule has 0 aromatic heterocycles. The summed E-state index contributed by atoms with van der Waals surface area (Å²) in [5, 5.41) is 0. The third-order valence-corrected chi connectivity index (χ3v) is 5.07. The first-order chi connectivity index (χ1) is 6.71. The lowest BCUT2D eigenvalue weighted by Gasteiger charge is -2.47. The molecular formula is C13H23N. The van der Waals surface area contributed by atoms with Crippen molar-refractivity contribution in [3.8, 4) is 0 Å². The molecule has 2 aliphatic carbocycles. The van der Waals surface area contributed by atoms with E-state index in [1.807, 2.05) is 0 Å². The molecule has 0 aromatic rings. The van der Waals surface area contributed by atoms with Crippen LogP contribution in [0.1, 0.15) is 46.0 Å². The van der Waals surface area contributed by atoms with Crippen molar-refractivity contribution in [2.75, 3.05) is 13.1 Å². The molecule has 3 fully saturated rings. The number of likely N-dealkylation sites (tertiary alicyclic amines) is 1. The summed E-state index contributed by atoms with van der Waals surface area (Å²) in [6, 6.07) is 0.998. The molecule has 1 spiro atoms. The van der Waals surface area contributed by atoms with Gasteiger partial charge in [-0.3, -0.25) is 4.90 Å². The van der Waals surface area contributed by atoms with Crippen molar-refractivity contribution in [2.24, 2.45) is 17.3 Å². The maximum atomic E-state index is 2.80. The third-order valence-electron chi connectivity index (χ3n) is 5.07. The fraction of sp³-hybridized carbons (Fsp3) is 1.00.